The van der Waals surface area contributed by atoms with Crippen LogP contribution in [0.4, 0.5) is 0 Å². The first-order chi connectivity index (χ1) is 11.1. The van der Waals surface area contributed by atoms with Gasteiger partial charge in [0, 0.05) is 26.7 Å². The van der Waals surface area contributed by atoms with Crippen LogP contribution in [0.5, 0.6) is 0 Å². The third kappa shape index (κ3) is 4.24. The van der Waals surface area contributed by atoms with Gasteiger partial charge in [0.05, 0.1) is 29.8 Å². The van der Waals surface area contributed by atoms with Crippen LogP contribution >= 0.6 is 0 Å². The molecule has 0 N–H and O–H groups in total. The molecule has 3 aliphatic rings. The lowest BCUT2D eigenvalue weighted by molar-refractivity contribution is -0.127. The van der Waals surface area contributed by atoms with Crippen LogP contribution in [0.2, 0.25) is 0 Å². The summed E-state index contributed by atoms with van der Waals surface area (Å²) >= 11 is 0. The van der Waals surface area contributed by atoms with E-state index in [0.29, 0.717) is 18.3 Å². The fraction of sp³-hybridized carbons (Fsp3) is 0.944. The van der Waals surface area contributed by atoms with E-state index in [-0.39, 0.29) is 5.41 Å². The van der Waals surface area contributed by atoms with Crippen LogP contribution in [0.15, 0.2) is 0 Å². The van der Waals surface area contributed by atoms with Gasteiger partial charge < -0.3 is 19.3 Å². The topological polar surface area (TPSA) is 48.7 Å². The van der Waals surface area contributed by atoms with E-state index >= 15 is 0 Å². The smallest absolute Gasteiger partial charge is 0.0725 e. The summed E-state index contributed by atoms with van der Waals surface area (Å²) in [6.07, 6.45) is 7.59. The minimum Gasteiger partial charge on any atom is -0.381 e. The summed E-state index contributed by atoms with van der Waals surface area (Å²) in [7, 11) is 3.94. The third-order valence-corrected chi connectivity index (χ3v) is 6.01. The quantitative estimate of drug-likeness (QED) is 0.774. The Hall–Kier alpha value is -0.670. The van der Waals surface area contributed by atoms with Crippen molar-refractivity contribution in [1.82, 2.24) is 9.80 Å². The highest BCUT2D eigenvalue weighted by atomic mass is 16.5. The van der Waals surface area contributed by atoms with Crippen molar-refractivity contribution in [2.75, 3.05) is 46.9 Å². The molecule has 2 heterocycles. The van der Waals surface area contributed by atoms with E-state index in [1.165, 1.54) is 0 Å². The second-order valence-electron chi connectivity index (χ2n) is 7.76. The molecule has 0 bridgehead atoms. The Kier molecular flexibility index (Phi) is 5.58. The number of ether oxygens (including phenoxy) is 2. The van der Waals surface area contributed by atoms with Gasteiger partial charge in [-0.1, -0.05) is 0 Å². The summed E-state index contributed by atoms with van der Waals surface area (Å²) < 4.78 is 11.5. The molecule has 0 aromatic rings. The van der Waals surface area contributed by atoms with E-state index in [4.69, 9.17) is 9.47 Å². The maximum Gasteiger partial charge on any atom is 0.0725 e. The van der Waals surface area contributed by atoms with Crippen LogP contribution in [-0.4, -0.2) is 75.0 Å². The average molecular weight is 321 g/mol. The predicted molar refractivity (Wildman–Crippen MR) is 89.1 cm³/mol. The Bertz CT molecular complexity index is 414. The minimum absolute atomic E-state index is 0.125. The molecule has 2 aliphatic heterocycles. The molecule has 0 atom stereocenters. The molecule has 5 nitrogen and oxygen atoms in total. The fourth-order valence-electron chi connectivity index (χ4n) is 4.08. The molecule has 0 spiro atoms. The Morgan fingerprint density at radius 3 is 2.26 bits per heavy atom. The summed E-state index contributed by atoms with van der Waals surface area (Å²) in [5.41, 5.74) is -0.125. The Morgan fingerprint density at radius 1 is 1.04 bits per heavy atom. The van der Waals surface area contributed by atoms with Crippen LogP contribution < -0.4 is 0 Å². The molecule has 5 heteroatoms. The number of piperidine rings is 2. The van der Waals surface area contributed by atoms with Crippen molar-refractivity contribution in [2.24, 2.45) is 5.41 Å². The van der Waals surface area contributed by atoms with Gasteiger partial charge in [-0.05, 0) is 58.7 Å². The van der Waals surface area contributed by atoms with Gasteiger partial charge in [-0.15, -0.1) is 0 Å². The Morgan fingerprint density at radius 2 is 1.70 bits per heavy atom. The zero-order valence-corrected chi connectivity index (χ0v) is 14.7. The second kappa shape index (κ2) is 7.48. The van der Waals surface area contributed by atoms with Crippen LogP contribution in [0, 0.1) is 16.7 Å². The molecule has 3 rings (SSSR count). The lowest BCUT2D eigenvalue weighted by Gasteiger charge is -2.42. The van der Waals surface area contributed by atoms with E-state index in [9.17, 15) is 5.26 Å². The monoisotopic (exact) mass is 321 g/mol. The number of rotatable bonds is 5. The van der Waals surface area contributed by atoms with Crippen molar-refractivity contribution in [2.45, 2.75) is 56.8 Å². The van der Waals surface area contributed by atoms with E-state index < -0.39 is 0 Å². The molecule has 23 heavy (non-hydrogen) atoms. The number of hydrogen-bond donors (Lipinski definition) is 0. The Labute approximate surface area is 140 Å². The molecular weight excluding hydrogens is 290 g/mol. The van der Waals surface area contributed by atoms with Crippen molar-refractivity contribution < 1.29 is 9.47 Å². The molecule has 2 saturated heterocycles. The highest BCUT2D eigenvalue weighted by molar-refractivity contribution is 5.04. The van der Waals surface area contributed by atoms with Crippen molar-refractivity contribution in [3.05, 3.63) is 0 Å². The zero-order valence-electron chi connectivity index (χ0n) is 14.7. The van der Waals surface area contributed by atoms with Crippen LogP contribution in [0.25, 0.3) is 0 Å². The largest absolute Gasteiger partial charge is 0.381 e. The first kappa shape index (κ1) is 17.2. The summed E-state index contributed by atoms with van der Waals surface area (Å²) in [6.45, 7) is 5.19. The van der Waals surface area contributed by atoms with Crippen molar-refractivity contribution in [1.29, 1.82) is 5.26 Å². The number of likely N-dealkylation sites (tertiary alicyclic amines) is 2. The van der Waals surface area contributed by atoms with Gasteiger partial charge in [-0.25, -0.2) is 0 Å². The van der Waals surface area contributed by atoms with Gasteiger partial charge in [0.1, 0.15) is 0 Å². The van der Waals surface area contributed by atoms with Crippen LogP contribution in [-0.2, 0) is 9.47 Å². The number of methoxy groups -OCH3 is 1. The van der Waals surface area contributed by atoms with E-state index in [0.717, 1.165) is 71.2 Å². The van der Waals surface area contributed by atoms with Crippen LogP contribution in [0.3, 0.4) is 0 Å². The second-order valence-corrected chi connectivity index (χ2v) is 7.76. The first-order valence-electron chi connectivity index (χ1n) is 9.13. The molecule has 0 aromatic carbocycles. The number of nitrogens with zero attached hydrogens (tertiary/aromatic N) is 3. The molecule has 130 valence electrons. The zero-order chi connectivity index (χ0) is 16.3. The van der Waals surface area contributed by atoms with Gasteiger partial charge in [-0.3, -0.25) is 0 Å². The molecule has 1 aliphatic carbocycles. The van der Waals surface area contributed by atoms with Gasteiger partial charge in [0.15, 0.2) is 0 Å². The molecule has 0 radical (unpaired) electrons. The standard InChI is InChI=1S/C18H31N3O2/c1-20-9-5-18(13-19,6-10-20)14-21-7-3-15(4-8-21)23-17-11-16(12-17)22-2/h15-17H,3-12,14H2,1-2H3. The molecule has 1 saturated carbocycles. The number of hydrogen-bond acceptors (Lipinski definition) is 5. The van der Waals surface area contributed by atoms with Crippen LogP contribution in [0.1, 0.15) is 38.5 Å². The van der Waals surface area contributed by atoms with Crippen molar-refractivity contribution >= 4 is 0 Å². The molecule has 3 fully saturated rings. The predicted octanol–water partition coefficient (Wildman–Crippen LogP) is 1.88. The van der Waals surface area contributed by atoms with E-state index in [2.05, 4.69) is 22.9 Å². The molecule has 0 aromatic heterocycles. The SMILES string of the molecule is COC1CC(OC2CCN(CC3(C#N)CCN(C)CC3)CC2)C1. The average Bonchev–Trinajstić information content (AvgIpc) is 2.54. The summed E-state index contributed by atoms with van der Waals surface area (Å²) in [5.74, 6) is 0. The summed E-state index contributed by atoms with van der Waals surface area (Å²) in [5, 5.41) is 9.69. The van der Waals surface area contributed by atoms with Crippen molar-refractivity contribution in [3.63, 3.8) is 0 Å². The van der Waals surface area contributed by atoms with E-state index in [1.54, 1.807) is 7.11 Å². The van der Waals surface area contributed by atoms with Gasteiger partial charge in [-0.2, -0.15) is 5.26 Å². The molecular formula is C18H31N3O2. The Balaban J connectivity index is 1.40. The fourth-order valence-corrected chi connectivity index (χ4v) is 4.08. The maximum absolute atomic E-state index is 9.69. The highest BCUT2D eigenvalue weighted by Crippen LogP contribution is 2.33. The minimum atomic E-state index is -0.125. The summed E-state index contributed by atoms with van der Waals surface area (Å²) in [4.78, 5) is 4.83. The van der Waals surface area contributed by atoms with Gasteiger partial charge in [0.2, 0.25) is 0 Å². The first-order valence-corrected chi connectivity index (χ1v) is 9.13. The molecule has 0 unspecified atom stereocenters. The normalized spacial score (nSPS) is 33.1. The molecule has 0 amide bonds. The third-order valence-electron chi connectivity index (χ3n) is 6.01. The van der Waals surface area contributed by atoms with Gasteiger partial charge in [0.25, 0.3) is 0 Å². The lowest BCUT2D eigenvalue weighted by atomic mass is 9.79. The number of nitriles is 1. The maximum atomic E-state index is 9.69. The highest BCUT2D eigenvalue weighted by Gasteiger charge is 2.37. The van der Waals surface area contributed by atoms with Gasteiger partial charge >= 0.3 is 0 Å². The lowest BCUT2D eigenvalue weighted by Crippen LogP contribution is -2.48. The van der Waals surface area contributed by atoms with Crippen molar-refractivity contribution in [3.8, 4) is 6.07 Å². The summed E-state index contributed by atoms with van der Waals surface area (Å²) in [6, 6.07) is 2.64. The van der Waals surface area contributed by atoms with E-state index in [1.807, 2.05) is 0 Å².